The second kappa shape index (κ2) is 9.62. The summed E-state index contributed by atoms with van der Waals surface area (Å²) >= 11 is 0. The van der Waals surface area contributed by atoms with Crippen LogP contribution in [0.4, 0.5) is 4.79 Å². The quantitative estimate of drug-likeness (QED) is 0.434. The van der Waals surface area contributed by atoms with Crippen molar-refractivity contribution in [1.82, 2.24) is 9.80 Å². The second-order valence-electron chi connectivity index (χ2n) is 8.78. The Kier molecular flexibility index (Phi) is 7.77. The molecule has 1 saturated heterocycles. The van der Waals surface area contributed by atoms with Gasteiger partial charge in [-0.25, -0.2) is 4.79 Å². The van der Waals surface area contributed by atoms with Gasteiger partial charge in [-0.15, -0.1) is 0 Å². The highest BCUT2D eigenvalue weighted by atomic mass is 16.6. The lowest BCUT2D eigenvalue weighted by molar-refractivity contribution is 0.0186. The molecule has 0 aromatic carbocycles. The number of ether oxygens (including phenoxy) is 2. The zero-order valence-electron chi connectivity index (χ0n) is 17.6. The van der Waals surface area contributed by atoms with E-state index in [9.17, 15) is 4.79 Å². The summed E-state index contributed by atoms with van der Waals surface area (Å²) in [5.74, 6) is 0.599. The van der Waals surface area contributed by atoms with Gasteiger partial charge in [-0.2, -0.15) is 0 Å². The van der Waals surface area contributed by atoms with Crippen molar-refractivity contribution in [3.05, 3.63) is 0 Å². The SMILES string of the molecule is CCOCCC1(CN=C(N)N2CCN(C(=O)OC(C)(C)C)CC2)CCCC1. The molecule has 2 fully saturated rings. The van der Waals surface area contributed by atoms with E-state index >= 15 is 0 Å². The fourth-order valence-electron chi connectivity index (χ4n) is 3.84. The molecule has 0 aromatic heterocycles. The van der Waals surface area contributed by atoms with Gasteiger partial charge in [0.15, 0.2) is 5.96 Å². The Morgan fingerprint density at radius 1 is 1.11 bits per heavy atom. The van der Waals surface area contributed by atoms with Crippen LogP contribution in [0.15, 0.2) is 4.99 Å². The second-order valence-corrected chi connectivity index (χ2v) is 8.78. The molecule has 0 bridgehead atoms. The minimum absolute atomic E-state index is 0.248. The Morgan fingerprint density at radius 3 is 2.26 bits per heavy atom. The van der Waals surface area contributed by atoms with Crippen LogP contribution < -0.4 is 5.73 Å². The number of guanidine groups is 1. The maximum atomic E-state index is 12.2. The first kappa shape index (κ1) is 21.8. The van der Waals surface area contributed by atoms with Crippen molar-refractivity contribution >= 4 is 12.1 Å². The average molecular weight is 383 g/mol. The Bertz CT molecular complexity index is 502. The molecule has 1 amide bonds. The minimum atomic E-state index is -0.466. The summed E-state index contributed by atoms with van der Waals surface area (Å²) in [6.45, 7) is 12.7. The van der Waals surface area contributed by atoms with Gasteiger partial charge in [0.25, 0.3) is 0 Å². The van der Waals surface area contributed by atoms with Crippen LogP contribution in [0.3, 0.4) is 0 Å². The summed E-state index contributed by atoms with van der Waals surface area (Å²) < 4.78 is 11.0. The van der Waals surface area contributed by atoms with Gasteiger partial charge in [0.2, 0.25) is 0 Å². The van der Waals surface area contributed by atoms with Crippen molar-refractivity contribution in [3.63, 3.8) is 0 Å². The van der Waals surface area contributed by atoms with Gasteiger partial charge in [0.05, 0.1) is 0 Å². The van der Waals surface area contributed by atoms with Gasteiger partial charge in [0.1, 0.15) is 5.60 Å². The number of rotatable bonds is 6. The molecule has 2 aliphatic rings. The molecule has 0 aromatic rings. The van der Waals surface area contributed by atoms with E-state index in [1.807, 2.05) is 27.7 Å². The van der Waals surface area contributed by atoms with E-state index in [1.54, 1.807) is 4.90 Å². The van der Waals surface area contributed by atoms with E-state index in [-0.39, 0.29) is 11.5 Å². The number of carbonyl (C=O) groups excluding carboxylic acids is 1. The van der Waals surface area contributed by atoms with E-state index in [2.05, 4.69) is 4.90 Å². The lowest BCUT2D eigenvalue weighted by Gasteiger charge is -2.36. The van der Waals surface area contributed by atoms with Crippen LogP contribution in [-0.2, 0) is 9.47 Å². The van der Waals surface area contributed by atoms with Crippen LogP contribution in [0.1, 0.15) is 59.8 Å². The number of hydrogen-bond acceptors (Lipinski definition) is 4. The summed E-state index contributed by atoms with van der Waals surface area (Å²) in [6, 6.07) is 0. The predicted molar refractivity (Wildman–Crippen MR) is 108 cm³/mol. The number of hydrogen-bond donors (Lipinski definition) is 1. The summed E-state index contributed by atoms with van der Waals surface area (Å²) in [5, 5.41) is 0. The summed E-state index contributed by atoms with van der Waals surface area (Å²) in [6.07, 6.45) is 5.78. The van der Waals surface area contributed by atoms with Crippen LogP contribution in [0.5, 0.6) is 0 Å². The third-order valence-electron chi connectivity index (χ3n) is 5.48. The zero-order chi connectivity index (χ0) is 19.9. The molecule has 0 unspecified atom stereocenters. The number of nitrogens with two attached hydrogens (primary N) is 1. The number of nitrogens with zero attached hydrogens (tertiary/aromatic N) is 3. The van der Waals surface area contributed by atoms with Gasteiger partial charge in [0, 0.05) is 45.9 Å². The van der Waals surface area contributed by atoms with Crippen molar-refractivity contribution in [1.29, 1.82) is 0 Å². The normalized spacial score (nSPS) is 20.8. The predicted octanol–water partition coefficient (Wildman–Crippen LogP) is 2.84. The topological polar surface area (TPSA) is 80.4 Å². The highest BCUT2D eigenvalue weighted by Gasteiger charge is 2.34. The Labute approximate surface area is 164 Å². The van der Waals surface area contributed by atoms with Gasteiger partial charge < -0.3 is 25.0 Å². The first-order chi connectivity index (χ1) is 12.7. The van der Waals surface area contributed by atoms with Crippen LogP contribution in [0.25, 0.3) is 0 Å². The monoisotopic (exact) mass is 382 g/mol. The van der Waals surface area contributed by atoms with Crippen molar-refractivity contribution in [2.24, 2.45) is 16.1 Å². The molecule has 7 heteroatoms. The summed E-state index contributed by atoms with van der Waals surface area (Å²) in [5.41, 5.74) is 6.06. The van der Waals surface area contributed by atoms with Gasteiger partial charge in [-0.3, -0.25) is 4.99 Å². The van der Waals surface area contributed by atoms with E-state index in [0.717, 1.165) is 26.2 Å². The summed E-state index contributed by atoms with van der Waals surface area (Å²) in [7, 11) is 0. The van der Waals surface area contributed by atoms with E-state index in [4.69, 9.17) is 20.2 Å². The number of aliphatic imine (C=N–C) groups is 1. The minimum Gasteiger partial charge on any atom is -0.444 e. The van der Waals surface area contributed by atoms with Crippen LogP contribution >= 0.6 is 0 Å². The highest BCUT2D eigenvalue weighted by molar-refractivity contribution is 5.78. The molecule has 0 atom stereocenters. The zero-order valence-corrected chi connectivity index (χ0v) is 17.6. The average Bonchev–Trinajstić information content (AvgIpc) is 3.08. The van der Waals surface area contributed by atoms with Gasteiger partial charge in [-0.05, 0) is 52.4 Å². The fraction of sp³-hybridized carbons (Fsp3) is 0.900. The first-order valence-electron chi connectivity index (χ1n) is 10.4. The first-order valence-corrected chi connectivity index (χ1v) is 10.4. The van der Waals surface area contributed by atoms with Crippen LogP contribution in [0.2, 0.25) is 0 Å². The van der Waals surface area contributed by atoms with Crippen LogP contribution in [0, 0.1) is 5.41 Å². The third-order valence-corrected chi connectivity index (χ3v) is 5.48. The van der Waals surface area contributed by atoms with Crippen molar-refractivity contribution in [3.8, 4) is 0 Å². The van der Waals surface area contributed by atoms with Crippen molar-refractivity contribution < 1.29 is 14.3 Å². The number of piperazine rings is 1. The van der Waals surface area contributed by atoms with E-state index in [0.29, 0.717) is 32.1 Å². The van der Waals surface area contributed by atoms with E-state index < -0.39 is 5.60 Å². The molecule has 1 aliphatic heterocycles. The Hall–Kier alpha value is -1.50. The number of carbonyl (C=O) groups is 1. The molecule has 156 valence electrons. The molecule has 2 N–H and O–H groups in total. The molecular formula is C20H38N4O3. The number of amides is 1. The smallest absolute Gasteiger partial charge is 0.410 e. The highest BCUT2D eigenvalue weighted by Crippen LogP contribution is 2.41. The molecule has 1 aliphatic carbocycles. The molecule has 27 heavy (non-hydrogen) atoms. The lowest BCUT2D eigenvalue weighted by Crippen LogP contribution is -2.53. The molecule has 0 radical (unpaired) electrons. The van der Waals surface area contributed by atoms with Crippen molar-refractivity contribution in [2.45, 2.75) is 65.4 Å². The largest absolute Gasteiger partial charge is 0.444 e. The van der Waals surface area contributed by atoms with Gasteiger partial charge in [-0.1, -0.05) is 12.8 Å². The van der Waals surface area contributed by atoms with Crippen molar-refractivity contribution in [2.75, 3.05) is 45.9 Å². The van der Waals surface area contributed by atoms with Gasteiger partial charge >= 0.3 is 6.09 Å². The Balaban J connectivity index is 1.83. The molecule has 1 saturated carbocycles. The molecule has 2 rings (SSSR count). The molecule has 7 nitrogen and oxygen atoms in total. The Morgan fingerprint density at radius 2 is 1.70 bits per heavy atom. The third kappa shape index (κ3) is 6.87. The van der Waals surface area contributed by atoms with E-state index in [1.165, 1.54) is 25.7 Å². The molecule has 0 spiro atoms. The molecular weight excluding hydrogens is 344 g/mol. The lowest BCUT2D eigenvalue weighted by atomic mass is 9.83. The summed E-state index contributed by atoms with van der Waals surface area (Å²) in [4.78, 5) is 20.7. The fourth-order valence-corrected chi connectivity index (χ4v) is 3.84. The molecule has 1 heterocycles. The standard InChI is InChI=1S/C20H38N4O3/c1-5-26-15-10-20(8-6-7-9-20)16-22-17(21)23-11-13-24(14-12-23)18(25)27-19(2,3)4/h5-16H2,1-4H3,(H2,21,22). The maximum Gasteiger partial charge on any atom is 0.410 e. The maximum absolute atomic E-state index is 12.2. The van der Waals surface area contributed by atoms with Crippen LogP contribution in [-0.4, -0.2) is 73.4 Å².